The maximum atomic E-state index is 13.7. The SMILES string of the molecule is O=C(CC[C@H](NC(=O)c1cc(=O)c2cccc(O)c2[nH]1)C(=O)NCc1ccc(O)c(O)c1)NCC(c1ccccc1)(c1ccccc1)c1ccccc1. The van der Waals surface area contributed by atoms with Crippen LogP contribution in [0.1, 0.15) is 45.6 Å². The number of pyridine rings is 1. The molecule has 6 rings (SSSR count). The third-order valence-corrected chi connectivity index (χ3v) is 9.23. The van der Waals surface area contributed by atoms with Crippen molar-refractivity contribution >= 4 is 28.6 Å². The van der Waals surface area contributed by atoms with Gasteiger partial charge in [0, 0.05) is 31.0 Å². The van der Waals surface area contributed by atoms with E-state index in [1.807, 2.05) is 91.0 Å². The summed E-state index contributed by atoms with van der Waals surface area (Å²) in [6.45, 7) is 0.138. The summed E-state index contributed by atoms with van der Waals surface area (Å²) in [5.74, 6) is -2.70. The minimum atomic E-state index is -1.23. The molecule has 0 radical (unpaired) electrons. The molecule has 1 aromatic heterocycles. The standard InChI is InChI=1S/C42H38N4O7/c47-34-21-19-27(23-37(34)50)25-43-40(52)32(46-41(53)33-24-36(49)31-17-10-18-35(48)39(31)45-33)20-22-38(51)44-26-42(28-11-4-1-5-12-28,29-13-6-2-7-14-29)30-15-8-3-9-16-30/h1-19,21,23-24,32,47-48,50H,20,22,25-26H2,(H,43,52)(H,44,51)(H,45,49)(H,46,53)/t32-/m0/s1. The Morgan fingerprint density at radius 1 is 0.660 bits per heavy atom. The number of aromatic amines is 1. The molecular formula is C42H38N4O7. The van der Waals surface area contributed by atoms with Gasteiger partial charge in [-0.25, -0.2) is 0 Å². The highest BCUT2D eigenvalue weighted by Gasteiger charge is 2.36. The number of hydrogen-bond donors (Lipinski definition) is 7. The van der Waals surface area contributed by atoms with E-state index in [1.165, 1.54) is 36.4 Å². The van der Waals surface area contributed by atoms with Crippen LogP contribution in [0.2, 0.25) is 0 Å². The number of H-pyrrole nitrogens is 1. The van der Waals surface area contributed by atoms with Crippen LogP contribution in [0.25, 0.3) is 10.9 Å². The van der Waals surface area contributed by atoms with Gasteiger partial charge in [0.1, 0.15) is 17.5 Å². The molecule has 11 heteroatoms. The average molecular weight is 711 g/mol. The first-order chi connectivity index (χ1) is 25.7. The summed E-state index contributed by atoms with van der Waals surface area (Å²) in [6.07, 6.45) is -0.260. The third kappa shape index (κ3) is 8.04. The minimum Gasteiger partial charge on any atom is -0.506 e. The molecule has 53 heavy (non-hydrogen) atoms. The molecule has 1 atom stereocenters. The lowest BCUT2D eigenvalue weighted by Gasteiger charge is -2.36. The van der Waals surface area contributed by atoms with E-state index in [9.17, 15) is 34.5 Å². The van der Waals surface area contributed by atoms with Gasteiger partial charge in [0.15, 0.2) is 16.9 Å². The zero-order valence-electron chi connectivity index (χ0n) is 28.6. The van der Waals surface area contributed by atoms with Crippen LogP contribution < -0.4 is 21.4 Å². The van der Waals surface area contributed by atoms with Gasteiger partial charge in [0.25, 0.3) is 5.91 Å². The first kappa shape index (κ1) is 35.9. The van der Waals surface area contributed by atoms with Crippen molar-refractivity contribution in [3.05, 3.63) is 172 Å². The predicted molar refractivity (Wildman–Crippen MR) is 201 cm³/mol. The zero-order valence-corrected chi connectivity index (χ0v) is 28.6. The van der Waals surface area contributed by atoms with Crippen LogP contribution in [0.4, 0.5) is 0 Å². The quantitative estimate of drug-likeness (QED) is 0.0651. The van der Waals surface area contributed by atoms with E-state index in [2.05, 4.69) is 20.9 Å². The maximum Gasteiger partial charge on any atom is 0.268 e. The Morgan fingerprint density at radius 3 is 1.85 bits per heavy atom. The Hall–Kier alpha value is -6.88. The molecule has 268 valence electrons. The molecule has 0 saturated carbocycles. The van der Waals surface area contributed by atoms with E-state index < -0.39 is 28.7 Å². The number of nitrogens with one attached hydrogen (secondary N) is 4. The van der Waals surface area contributed by atoms with E-state index in [0.29, 0.717) is 5.56 Å². The van der Waals surface area contributed by atoms with E-state index in [4.69, 9.17) is 0 Å². The molecule has 0 fully saturated rings. The number of fused-ring (bicyclic) bond motifs is 1. The van der Waals surface area contributed by atoms with Crippen molar-refractivity contribution in [1.29, 1.82) is 0 Å². The Morgan fingerprint density at radius 2 is 1.26 bits per heavy atom. The smallest absolute Gasteiger partial charge is 0.268 e. The van der Waals surface area contributed by atoms with Crippen LogP contribution in [0, 0.1) is 0 Å². The monoisotopic (exact) mass is 710 g/mol. The third-order valence-electron chi connectivity index (χ3n) is 9.23. The Kier molecular flexibility index (Phi) is 10.8. The molecule has 5 aromatic carbocycles. The van der Waals surface area contributed by atoms with Crippen molar-refractivity contribution in [2.75, 3.05) is 6.54 Å². The van der Waals surface area contributed by atoms with Crippen LogP contribution in [0.15, 0.2) is 138 Å². The lowest BCUT2D eigenvalue weighted by Crippen LogP contribution is -2.48. The first-order valence-electron chi connectivity index (χ1n) is 17.0. The number of para-hydroxylation sites is 1. The topological polar surface area (TPSA) is 181 Å². The van der Waals surface area contributed by atoms with Crippen LogP contribution >= 0.6 is 0 Å². The van der Waals surface area contributed by atoms with Crippen LogP contribution in [0.3, 0.4) is 0 Å². The molecule has 7 N–H and O–H groups in total. The largest absolute Gasteiger partial charge is 0.506 e. The first-order valence-corrected chi connectivity index (χ1v) is 17.0. The number of phenols is 3. The summed E-state index contributed by atoms with van der Waals surface area (Å²) in [6, 6.07) is 38.0. The molecule has 0 spiro atoms. The molecule has 0 unspecified atom stereocenters. The molecule has 0 saturated heterocycles. The average Bonchev–Trinajstić information content (AvgIpc) is 3.18. The maximum absolute atomic E-state index is 13.7. The van der Waals surface area contributed by atoms with E-state index >= 15 is 0 Å². The van der Waals surface area contributed by atoms with Crippen LogP contribution in [0.5, 0.6) is 17.2 Å². The summed E-state index contributed by atoms with van der Waals surface area (Å²) in [5, 5.41) is 38.5. The number of hydrogen-bond acceptors (Lipinski definition) is 7. The van der Waals surface area contributed by atoms with Gasteiger partial charge in [-0.15, -0.1) is 0 Å². The van der Waals surface area contributed by atoms with E-state index in [0.717, 1.165) is 22.8 Å². The Labute approximate surface area is 305 Å². The van der Waals surface area contributed by atoms with Crippen molar-refractivity contribution in [2.24, 2.45) is 0 Å². The van der Waals surface area contributed by atoms with Crippen molar-refractivity contribution in [3.63, 3.8) is 0 Å². The normalized spacial score (nSPS) is 11.8. The van der Waals surface area contributed by atoms with Gasteiger partial charge in [0.2, 0.25) is 11.8 Å². The number of phenolic OH excluding ortho intramolecular Hbond substituents is 3. The second-order valence-electron chi connectivity index (χ2n) is 12.6. The van der Waals surface area contributed by atoms with E-state index in [-0.39, 0.29) is 65.7 Å². The molecule has 11 nitrogen and oxygen atoms in total. The highest BCUT2D eigenvalue weighted by Crippen LogP contribution is 2.38. The number of carbonyl (C=O) groups excluding carboxylic acids is 3. The number of rotatable bonds is 13. The predicted octanol–water partition coefficient (Wildman–Crippen LogP) is 4.99. The van der Waals surface area contributed by atoms with Crippen molar-refractivity contribution < 1.29 is 29.7 Å². The molecule has 0 aliphatic heterocycles. The minimum absolute atomic E-state index is 0.0559. The van der Waals surface area contributed by atoms with Crippen molar-refractivity contribution in [2.45, 2.75) is 30.8 Å². The fourth-order valence-corrected chi connectivity index (χ4v) is 6.44. The second kappa shape index (κ2) is 16.0. The fourth-order valence-electron chi connectivity index (χ4n) is 6.44. The van der Waals surface area contributed by atoms with Gasteiger partial charge in [-0.1, -0.05) is 103 Å². The number of benzene rings is 5. The summed E-state index contributed by atoms with van der Waals surface area (Å²) in [4.78, 5) is 56.3. The lowest BCUT2D eigenvalue weighted by atomic mass is 9.69. The highest BCUT2D eigenvalue weighted by atomic mass is 16.3. The molecule has 0 aliphatic rings. The highest BCUT2D eigenvalue weighted by molar-refractivity contribution is 5.98. The molecular weight excluding hydrogens is 672 g/mol. The molecule has 1 heterocycles. The Bertz CT molecular complexity index is 2200. The van der Waals surface area contributed by atoms with Crippen molar-refractivity contribution in [3.8, 4) is 17.2 Å². The fraction of sp³-hybridized carbons (Fsp3) is 0.143. The molecule has 3 amide bonds. The number of carbonyl (C=O) groups is 3. The summed E-state index contributed by atoms with van der Waals surface area (Å²) in [7, 11) is 0. The van der Waals surface area contributed by atoms with Crippen LogP contribution in [-0.4, -0.2) is 50.6 Å². The number of aromatic nitrogens is 1. The van der Waals surface area contributed by atoms with Crippen molar-refractivity contribution in [1.82, 2.24) is 20.9 Å². The van der Waals surface area contributed by atoms with Gasteiger partial charge in [-0.05, 0) is 52.9 Å². The zero-order chi connectivity index (χ0) is 37.4. The van der Waals surface area contributed by atoms with Gasteiger partial charge in [-0.2, -0.15) is 0 Å². The van der Waals surface area contributed by atoms with Crippen LogP contribution in [-0.2, 0) is 21.5 Å². The second-order valence-corrected chi connectivity index (χ2v) is 12.6. The lowest BCUT2D eigenvalue weighted by molar-refractivity contribution is -0.124. The summed E-state index contributed by atoms with van der Waals surface area (Å²) in [5.41, 5.74) is 2.00. The number of amides is 3. The molecule has 0 bridgehead atoms. The Balaban J connectivity index is 1.23. The van der Waals surface area contributed by atoms with E-state index in [1.54, 1.807) is 0 Å². The summed E-state index contributed by atoms with van der Waals surface area (Å²) >= 11 is 0. The number of aromatic hydroxyl groups is 3. The van der Waals surface area contributed by atoms with Gasteiger partial charge < -0.3 is 36.3 Å². The molecule has 6 aromatic rings. The molecule has 0 aliphatic carbocycles. The van der Waals surface area contributed by atoms with Gasteiger partial charge in [0.05, 0.1) is 10.9 Å². The van der Waals surface area contributed by atoms with Gasteiger partial charge in [-0.3, -0.25) is 19.2 Å². The van der Waals surface area contributed by atoms with Gasteiger partial charge >= 0.3 is 0 Å². The summed E-state index contributed by atoms with van der Waals surface area (Å²) < 4.78 is 0.